The number of ketones is 1. The van der Waals surface area contributed by atoms with Crippen molar-refractivity contribution in [2.24, 2.45) is 0 Å². The van der Waals surface area contributed by atoms with Gasteiger partial charge in [0.15, 0.2) is 5.78 Å². The molecule has 0 aromatic heterocycles. The topological polar surface area (TPSA) is 40.6 Å². The molecule has 0 N–H and O–H groups in total. The van der Waals surface area contributed by atoms with Crippen molar-refractivity contribution in [2.75, 3.05) is 13.6 Å². The fourth-order valence-corrected chi connectivity index (χ4v) is 4.29. The number of nitrogens with zero attached hydrogens (tertiary/aromatic N) is 2. The van der Waals surface area contributed by atoms with Crippen molar-refractivity contribution in [3.63, 3.8) is 0 Å². The molecule has 0 bridgehead atoms. The number of likely N-dealkylation sites (tertiary alicyclic amines) is 2. The first-order chi connectivity index (χ1) is 9.45. The Kier molecular flexibility index (Phi) is 4.04. The van der Waals surface area contributed by atoms with Crippen molar-refractivity contribution in [3.8, 4) is 0 Å². The molecule has 0 aliphatic carbocycles. The van der Waals surface area contributed by atoms with Crippen LogP contribution in [-0.4, -0.2) is 56.7 Å². The van der Waals surface area contributed by atoms with Gasteiger partial charge in [-0.15, -0.1) is 11.8 Å². The molecule has 2 aliphatic heterocycles. The first kappa shape index (κ1) is 16.6. The van der Waals surface area contributed by atoms with Crippen molar-refractivity contribution < 1.29 is 9.59 Å². The zero-order chi connectivity index (χ0) is 16.2. The maximum absolute atomic E-state index is 12.6. The van der Waals surface area contributed by atoms with Gasteiger partial charge < -0.3 is 4.90 Å². The molecule has 2 rings (SSSR count). The second kappa shape index (κ2) is 5.13. The van der Waals surface area contributed by atoms with Crippen LogP contribution >= 0.6 is 11.8 Å². The Balaban J connectivity index is 2.20. The van der Waals surface area contributed by atoms with Gasteiger partial charge >= 0.3 is 0 Å². The second-order valence-corrected chi connectivity index (χ2v) is 9.53. The average molecular weight is 310 g/mol. The summed E-state index contributed by atoms with van der Waals surface area (Å²) in [7, 11) is 1.93. The summed E-state index contributed by atoms with van der Waals surface area (Å²) in [6, 6.07) is -0.379. The summed E-state index contributed by atoms with van der Waals surface area (Å²) in [6.45, 7) is 14.9. The van der Waals surface area contributed by atoms with E-state index in [1.54, 1.807) is 16.7 Å². The van der Waals surface area contributed by atoms with Gasteiger partial charge in [0, 0.05) is 23.4 Å². The molecule has 2 fully saturated rings. The van der Waals surface area contributed by atoms with Crippen LogP contribution in [-0.2, 0) is 9.59 Å². The Bertz CT molecular complexity index is 493. The Morgan fingerprint density at radius 1 is 1.29 bits per heavy atom. The van der Waals surface area contributed by atoms with Gasteiger partial charge in [0.1, 0.15) is 6.04 Å². The molecule has 118 valence electrons. The molecule has 5 heteroatoms. The Morgan fingerprint density at radius 2 is 1.86 bits per heavy atom. The number of carbonyl (C=O) groups excluding carboxylic acids is 2. The molecular weight excluding hydrogens is 284 g/mol. The van der Waals surface area contributed by atoms with Gasteiger partial charge in [0.05, 0.1) is 10.8 Å². The molecule has 2 heterocycles. The predicted octanol–water partition coefficient (Wildman–Crippen LogP) is 2.29. The van der Waals surface area contributed by atoms with E-state index in [4.69, 9.17) is 0 Å². The van der Waals surface area contributed by atoms with Crippen LogP contribution in [0.5, 0.6) is 0 Å². The molecule has 2 saturated heterocycles. The van der Waals surface area contributed by atoms with Crippen LogP contribution in [0.3, 0.4) is 0 Å². The number of likely N-dealkylation sites (N-methyl/N-ethyl adjacent to an activating group) is 1. The number of thioether (sulfide) groups is 1. The van der Waals surface area contributed by atoms with E-state index in [-0.39, 0.29) is 27.7 Å². The number of amides is 1. The minimum atomic E-state index is -0.513. The highest BCUT2D eigenvalue weighted by Crippen LogP contribution is 2.41. The molecule has 2 aliphatic rings. The van der Waals surface area contributed by atoms with Crippen molar-refractivity contribution in [1.82, 2.24) is 9.80 Å². The first-order valence-corrected chi connectivity index (χ1v) is 8.27. The number of carbonyl (C=O) groups is 2. The SMILES string of the molecule is C=C1C(SC(C)(C)C)CC(=O)N1C1CN(C)C(C)(C)C1=O. The Morgan fingerprint density at radius 3 is 2.29 bits per heavy atom. The number of hydrogen-bond acceptors (Lipinski definition) is 4. The molecular formula is C16H26N2O2S. The van der Waals surface area contributed by atoms with Gasteiger partial charge in [-0.25, -0.2) is 0 Å². The van der Waals surface area contributed by atoms with Crippen LogP contribution in [0.1, 0.15) is 41.0 Å². The lowest BCUT2D eigenvalue weighted by molar-refractivity contribution is -0.134. The Hall–Kier alpha value is -0.810. The van der Waals surface area contributed by atoms with Gasteiger partial charge in [-0.2, -0.15) is 0 Å². The third-order valence-electron chi connectivity index (χ3n) is 4.42. The number of hydrogen-bond donors (Lipinski definition) is 0. The van der Waals surface area contributed by atoms with Crippen LogP contribution in [0, 0.1) is 0 Å². The number of Topliss-reactive ketones (excluding diaryl/α,β-unsaturated/α-hetero) is 1. The summed E-state index contributed by atoms with van der Waals surface area (Å²) in [5, 5.41) is 0.0827. The van der Waals surface area contributed by atoms with E-state index >= 15 is 0 Å². The van der Waals surface area contributed by atoms with Crippen LogP contribution < -0.4 is 0 Å². The molecule has 0 spiro atoms. The highest BCUT2D eigenvalue weighted by molar-refractivity contribution is 8.01. The quantitative estimate of drug-likeness (QED) is 0.785. The summed E-state index contributed by atoms with van der Waals surface area (Å²) >= 11 is 1.75. The molecule has 2 unspecified atom stereocenters. The highest BCUT2D eigenvalue weighted by atomic mass is 32.2. The molecule has 21 heavy (non-hydrogen) atoms. The van der Waals surface area contributed by atoms with E-state index < -0.39 is 5.54 Å². The fourth-order valence-electron chi connectivity index (χ4n) is 2.97. The van der Waals surface area contributed by atoms with Crippen molar-refractivity contribution in [1.29, 1.82) is 0 Å². The van der Waals surface area contributed by atoms with Crippen molar-refractivity contribution in [2.45, 2.75) is 62.6 Å². The predicted molar refractivity (Wildman–Crippen MR) is 87.2 cm³/mol. The van der Waals surface area contributed by atoms with Gasteiger partial charge in [0.2, 0.25) is 5.91 Å². The van der Waals surface area contributed by atoms with Gasteiger partial charge in [0.25, 0.3) is 0 Å². The van der Waals surface area contributed by atoms with Crippen LogP contribution in [0.4, 0.5) is 0 Å². The first-order valence-electron chi connectivity index (χ1n) is 7.39. The van der Waals surface area contributed by atoms with Crippen molar-refractivity contribution >= 4 is 23.5 Å². The van der Waals surface area contributed by atoms with Crippen LogP contribution in [0.15, 0.2) is 12.3 Å². The molecule has 0 aromatic rings. The van der Waals surface area contributed by atoms with E-state index in [0.29, 0.717) is 13.0 Å². The summed E-state index contributed by atoms with van der Waals surface area (Å²) in [4.78, 5) is 28.7. The van der Waals surface area contributed by atoms with Crippen LogP contribution in [0.25, 0.3) is 0 Å². The lowest BCUT2D eigenvalue weighted by Gasteiger charge is -2.27. The number of rotatable bonds is 2. The molecule has 2 atom stereocenters. The second-order valence-electron chi connectivity index (χ2n) is 7.50. The zero-order valence-electron chi connectivity index (χ0n) is 13.9. The van der Waals surface area contributed by atoms with Gasteiger partial charge in [-0.05, 0) is 20.9 Å². The lowest BCUT2D eigenvalue weighted by Crippen LogP contribution is -2.44. The normalized spacial score (nSPS) is 30.6. The smallest absolute Gasteiger partial charge is 0.228 e. The third kappa shape index (κ3) is 2.90. The molecule has 0 radical (unpaired) electrons. The molecule has 4 nitrogen and oxygen atoms in total. The summed E-state index contributed by atoms with van der Waals surface area (Å²) in [5.41, 5.74) is 0.282. The molecule has 1 amide bonds. The van der Waals surface area contributed by atoms with Gasteiger partial charge in [-0.3, -0.25) is 14.5 Å². The van der Waals surface area contributed by atoms with E-state index in [1.165, 1.54) is 0 Å². The highest BCUT2D eigenvalue weighted by Gasteiger charge is 2.51. The van der Waals surface area contributed by atoms with E-state index in [0.717, 1.165) is 5.70 Å². The lowest BCUT2D eigenvalue weighted by atomic mass is 9.98. The van der Waals surface area contributed by atoms with E-state index in [1.807, 2.05) is 25.8 Å². The summed E-state index contributed by atoms with van der Waals surface area (Å²) in [6.07, 6.45) is 0.453. The Labute approximate surface area is 131 Å². The fraction of sp³-hybridized carbons (Fsp3) is 0.750. The van der Waals surface area contributed by atoms with E-state index in [9.17, 15) is 9.59 Å². The van der Waals surface area contributed by atoms with E-state index in [2.05, 4.69) is 27.4 Å². The maximum Gasteiger partial charge on any atom is 0.228 e. The van der Waals surface area contributed by atoms with Gasteiger partial charge in [-0.1, -0.05) is 27.4 Å². The van der Waals surface area contributed by atoms with Crippen LogP contribution in [0.2, 0.25) is 0 Å². The third-order valence-corrected chi connectivity index (χ3v) is 5.85. The standard InChI is InChI=1S/C16H26N2O2S/c1-10-12(21-15(2,3)4)8-13(19)18(10)11-9-17(7)16(5,6)14(11)20/h11-12H,1,8-9H2,2-7H3. The summed E-state index contributed by atoms with van der Waals surface area (Å²) < 4.78 is 0.0691. The summed E-state index contributed by atoms with van der Waals surface area (Å²) in [5.74, 6) is 0.145. The minimum Gasteiger partial charge on any atom is -0.304 e. The maximum atomic E-state index is 12.6. The molecule has 0 aromatic carbocycles. The largest absolute Gasteiger partial charge is 0.304 e. The molecule has 0 saturated carbocycles. The van der Waals surface area contributed by atoms with Crippen molar-refractivity contribution in [3.05, 3.63) is 12.3 Å². The average Bonchev–Trinajstić information content (AvgIpc) is 2.67. The zero-order valence-corrected chi connectivity index (χ0v) is 14.7. The monoisotopic (exact) mass is 310 g/mol. The minimum absolute atomic E-state index is 0.0335.